The zero-order valence-electron chi connectivity index (χ0n) is 19.0. The number of amides is 1. The van der Waals surface area contributed by atoms with E-state index in [0.717, 1.165) is 33.5 Å². The molecule has 4 aromatic rings. The number of aryl methyl sites for hydroxylation is 4. The van der Waals surface area contributed by atoms with E-state index < -0.39 is 6.04 Å². The van der Waals surface area contributed by atoms with Gasteiger partial charge >= 0.3 is 0 Å². The van der Waals surface area contributed by atoms with Crippen LogP contribution in [0.3, 0.4) is 0 Å². The van der Waals surface area contributed by atoms with E-state index >= 15 is 0 Å². The van der Waals surface area contributed by atoms with Crippen molar-refractivity contribution in [3.05, 3.63) is 87.0 Å². The number of hydrogen-bond acceptors (Lipinski definition) is 4. The molecule has 2 aromatic heterocycles. The molecular weight excluding hydrogens is 402 g/mol. The van der Waals surface area contributed by atoms with Gasteiger partial charge in [-0.2, -0.15) is 10.2 Å². The van der Waals surface area contributed by atoms with Crippen molar-refractivity contribution in [2.75, 3.05) is 0 Å². The minimum Gasteiger partial charge on any atom is -0.350 e. The molecule has 0 aliphatic heterocycles. The van der Waals surface area contributed by atoms with E-state index in [2.05, 4.69) is 15.5 Å². The molecule has 0 spiro atoms. The van der Waals surface area contributed by atoms with Crippen LogP contribution in [-0.4, -0.2) is 25.5 Å². The highest BCUT2D eigenvalue weighted by Gasteiger charge is 2.23. The number of aromatic nitrogens is 4. The van der Waals surface area contributed by atoms with Crippen molar-refractivity contribution in [1.29, 1.82) is 0 Å². The number of carbonyl (C=O) groups excluding carboxylic acids is 1. The third-order valence-electron chi connectivity index (χ3n) is 5.76. The molecule has 1 amide bonds. The molecule has 0 unspecified atom stereocenters. The summed E-state index contributed by atoms with van der Waals surface area (Å²) in [5.41, 5.74) is 5.62. The van der Waals surface area contributed by atoms with E-state index in [1.54, 1.807) is 11.6 Å². The molecule has 0 aliphatic carbocycles. The van der Waals surface area contributed by atoms with Gasteiger partial charge < -0.3 is 5.32 Å². The number of carbonyl (C=O) groups is 1. The molecule has 7 nitrogen and oxygen atoms in total. The van der Waals surface area contributed by atoms with Crippen LogP contribution in [0.25, 0.3) is 16.6 Å². The highest BCUT2D eigenvalue weighted by molar-refractivity contribution is 5.84. The van der Waals surface area contributed by atoms with Crippen molar-refractivity contribution >= 4 is 16.8 Å². The topological polar surface area (TPSA) is 81.8 Å². The summed E-state index contributed by atoms with van der Waals surface area (Å²) >= 11 is 0. The molecule has 32 heavy (non-hydrogen) atoms. The van der Waals surface area contributed by atoms with Crippen LogP contribution in [0, 0.1) is 27.7 Å². The number of hydrogen-bond donors (Lipinski definition) is 1. The molecule has 4 rings (SSSR count). The first-order chi connectivity index (χ1) is 15.3. The van der Waals surface area contributed by atoms with Gasteiger partial charge in [0.2, 0.25) is 5.91 Å². The Morgan fingerprint density at radius 2 is 1.53 bits per heavy atom. The molecule has 2 heterocycles. The van der Waals surface area contributed by atoms with Gasteiger partial charge in [-0.25, -0.2) is 9.36 Å². The second-order valence-electron chi connectivity index (χ2n) is 8.27. The van der Waals surface area contributed by atoms with E-state index in [1.807, 2.05) is 76.2 Å². The molecule has 1 N–H and O–H groups in total. The van der Waals surface area contributed by atoms with Crippen LogP contribution in [0.1, 0.15) is 41.0 Å². The lowest BCUT2D eigenvalue weighted by Gasteiger charge is -2.15. The normalized spacial score (nSPS) is 12.2. The zero-order chi connectivity index (χ0) is 23.0. The fraction of sp³-hybridized carbons (Fsp3) is 0.280. The van der Waals surface area contributed by atoms with Gasteiger partial charge in [0.05, 0.1) is 22.5 Å². The largest absolute Gasteiger partial charge is 0.350 e. The molecule has 164 valence electrons. The van der Waals surface area contributed by atoms with Gasteiger partial charge in [0, 0.05) is 6.54 Å². The fourth-order valence-corrected chi connectivity index (χ4v) is 3.80. The molecule has 0 saturated heterocycles. The third kappa shape index (κ3) is 3.93. The number of nitrogens with zero attached hydrogens (tertiary/aromatic N) is 4. The Labute approximate surface area is 186 Å². The van der Waals surface area contributed by atoms with E-state index in [-0.39, 0.29) is 11.5 Å². The van der Waals surface area contributed by atoms with Crippen LogP contribution < -0.4 is 10.9 Å². The first-order valence-corrected chi connectivity index (χ1v) is 10.7. The van der Waals surface area contributed by atoms with Crippen molar-refractivity contribution < 1.29 is 4.79 Å². The van der Waals surface area contributed by atoms with Gasteiger partial charge in [-0.3, -0.25) is 9.59 Å². The lowest BCUT2D eigenvalue weighted by atomic mass is 10.1. The number of fused-ring (bicyclic) bond motifs is 1. The van der Waals surface area contributed by atoms with Crippen molar-refractivity contribution in [2.45, 2.75) is 47.2 Å². The van der Waals surface area contributed by atoms with E-state index in [4.69, 9.17) is 0 Å². The Balaban J connectivity index is 1.66. The van der Waals surface area contributed by atoms with Crippen LogP contribution in [0.15, 0.2) is 53.3 Å². The summed E-state index contributed by atoms with van der Waals surface area (Å²) in [6.45, 7) is 9.86. The first-order valence-electron chi connectivity index (χ1n) is 10.7. The van der Waals surface area contributed by atoms with Gasteiger partial charge in [-0.05, 0) is 52.3 Å². The van der Waals surface area contributed by atoms with Crippen LogP contribution in [0.2, 0.25) is 0 Å². The Bertz CT molecular complexity index is 1350. The maximum absolute atomic E-state index is 13.2. The monoisotopic (exact) mass is 429 g/mol. The van der Waals surface area contributed by atoms with Gasteiger partial charge in [0.1, 0.15) is 6.04 Å². The second-order valence-corrected chi connectivity index (χ2v) is 8.27. The van der Waals surface area contributed by atoms with Gasteiger partial charge in [-0.15, -0.1) is 0 Å². The predicted octanol–water partition coefficient (Wildman–Crippen LogP) is 3.69. The van der Waals surface area contributed by atoms with Crippen LogP contribution in [0.4, 0.5) is 0 Å². The Hall–Kier alpha value is -3.74. The molecule has 0 fully saturated rings. The van der Waals surface area contributed by atoms with Crippen molar-refractivity contribution in [2.24, 2.45) is 0 Å². The third-order valence-corrected chi connectivity index (χ3v) is 5.76. The van der Waals surface area contributed by atoms with Crippen LogP contribution in [-0.2, 0) is 11.3 Å². The highest BCUT2D eigenvalue weighted by atomic mass is 16.2. The quantitative estimate of drug-likeness (QED) is 0.525. The minimum atomic E-state index is -0.763. The average molecular weight is 430 g/mol. The second kappa shape index (κ2) is 8.42. The minimum absolute atomic E-state index is 0.270. The predicted molar refractivity (Wildman–Crippen MR) is 125 cm³/mol. The van der Waals surface area contributed by atoms with Crippen molar-refractivity contribution in [3.8, 4) is 5.69 Å². The molecule has 1 atom stereocenters. The smallest absolute Gasteiger partial charge is 0.295 e. The number of nitrogens with one attached hydrogen (secondary N) is 1. The summed E-state index contributed by atoms with van der Waals surface area (Å²) in [7, 11) is 0. The Kier molecular flexibility index (Phi) is 5.65. The molecule has 0 bridgehead atoms. The summed E-state index contributed by atoms with van der Waals surface area (Å²) in [4.78, 5) is 26.0. The zero-order valence-corrected chi connectivity index (χ0v) is 19.0. The lowest BCUT2D eigenvalue weighted by molar-refractivity contribution is -0.124. The van der Waals surface area contributed by atoms with Crippen molar-refractivity contribution in [3.63, 3.8) is 0 Å². The first kappa shape index (κ1) is 21.5. The number of benzene rings is 2. The standard InChI is InChI=1S/C25H27N5O2/c1-15-6-10-20(11-7-15)14-26-24(31)19(5)30-25(32)23-22(17(3)27-30)18(4)29(28-23)21-12-8-16(2)9-13-21/h6-13,19H,14H2,1-5H3,(H,26,31)/t19-/m1/s1. The van der Waals surface area contributed by atoms with E-state index in [1.165, 1.54) is 4.68 Å². The van der Waals surface area contributed by atoms with Crippen LogP contribution in [0.5, 0.6) is 0 Å². The van der Waals surface area contributed by atoms with Gasteiger partial charge in [-0.1, -0.05) is 47.5 Å². The Morgan fingerprint density at radius 3 is 2.16 bits per heavy atom. The maximum atomic E-state index is 13.2. The molecule has 0 radical (unpaired) electrons. The molecular formula is C25H27N5O2. The van der Waals surface area contributed by atoms with Gasteiger partial charge in [0.25, 0.3) is 5.56 Å². The summed E-state index contributed by atoms with van der Waals surface area (Å²) in [5.74, 6) is -0.270. The lowest BCUT2D eigenvalue weighted by Crippen LogP contribution is -2.37. The van der Waals surface area contributed by atoms with Crippen LogP contribution >= 0.6 is 0 Å². The van der Waals surface area contributed by atoms with E-state index in [0.29, 0.717) is 17.8 Å². The van der Waals surface area contributed by atoms with Gasteiger partial charge in [0.15, 0.2) is 5.52 Å². The molecule has 7 heteroatoms. The molecule has 0 aliphatic rings. The average Bonchev–Trinajstić information content (AvgIpc) is 3.13. The highest BCUT2D eigenvalue weighted by Crippen LogP contribution is 2.22. The summed E-state index contributed by atoms with van der Waals surface area (Å²) in [5, 5.41) is 12.7. The molecule has 2 aromatic carbocycles. The fourth-order valence-electron chi connectivity index (χ4n) is 3.80. The maximum Gasteiger partial charge on any atom is 0.295 e. The van der Waals surface area contributed by atoms with E-state index in [9.17, 15) is 9.59 Å². The summed E-state index contributed by atoms with van der Waals surface area (Å²) < 4.78 is 2.99. The Morgan fingerprint density at radius 1 is 0.938 bits per heavy atom. The molecule has 0 saturated carbocycles. The van der Waals surface area contributed by atoms with Crippen molar-refractivity contribution in [1.82, 2.24) is 24.9 Å². The summed E-state index contributed by atoms with van der Waals surface area (Å²) in [6, 6.07) is 15.1. The SMILES string of the molecule is Cc1ccc(CNC(=O)[C@@H](C)n2nc(C)c3c(C)n(-c4ccc(C)cc4)nc3c2=O)cc1. The number of rotatable bonds is 5. The summed E-state index contributed by atoms with van der Waals surface area (Å²) in [6.07, 6.45) is 0.